The topological polar surface area (TPSA) is 52.5 Å². The highest BCUT2D eigenvalue weighted by molar-refractivity contribution is 4.72. The average Bonchev–Trinajstić information content (AvgIpc) is 1.88. The van der Waals surface area contributed by atoms with Gasteiger partial charge >= 0.3 is 0 Å². The Bertz CT molecular complexity index is 95.6. The van der Waals surface area contributed by atoms with Gasteiger partial charge < -0.3 is 10.3 Å². The molecular weight excluding hydrogens is 130 g/mol. The highest BCUT2D eigenvalue weighted by atomic mass is 16.5. The summed E-state index contributed by atoms with van der Waals surface area (Å²) in [6.45, 7) is 0.622. The van der Waals surface area contributed by atoms with Crippen LogP contribution in [-0.4, -0.2) is 23.0 Å². The predicted molar refractivity (Wildman–Crippen MR) is 37.8 cm³/mol. The fourth-order valence-electron chi connectivity index (χ4n) is 1.58. The maximum absolute atomic E-state index is 9.20. The first-order chi connectivity index (χ1) is 4.83. The smallest absolute Gasteiger partial charge is 0.0543 e. The van der Waals surface area contributed by atoms with Crippen LogP contribution in [0.1, 0.15) is 25.7 Å². The Hall–Kier alpha value is -0.120. The zero-order valence-electron chi connectivity index (χ0n) is 6.08. The van der Waals surface area contributed by atoms with Crippen LogP contribution in [0.3, 0.4) is 0 Å². The van der Waals surface area contributed by atoms with Crippen LogP contribution in [0.4, 0.5) is 0 Å². The molecule has 60 valence electrons. The monoisotopic (exact) mass is 145 g/mol. The molecule has 10 heavy (non-hydrogen) atoms. The van der Waals surface area contributed by atoms with Crippen LogP contribution in [0, 0.1) is 5.92 Å². The van der Waals surface area contributed by atoms with E-state index in [9.17, 15) is 5.11 Å². The van der Waals surface area contributed by atoms with Crippen molar-refractivity contribution >= 4 is 0 Å². The van der Waals surface area contributed by atoms with Gasteiger partial charge in [0.25, 0.3) is 0 Å². The molecule has 0 saturated heterocycles. The minimum absolute atomic E-state index is 0.132. The van der Waals surface area contributed by atoms with Crippen LogP contribution in [0.15, 0.2) is 0 Å². The van der Waals surface area contributed by atoms with Crippen molar-refractivity contribution in [2.24, 2.45) is 5.92 Å². The Kier molecular flexibility index (Phi) is 3.12. The Balaban J connectivity index is 2.18. The van der Waals surface area contributed by atoms with Crippen LogP contribution in [0.5, 0.6) is 0 Å². The van der Waals surface area contributed by atoms with Gasteiger partial charge in [-0.05, 0) is 25.2 Å². The summed E-state index contributed by atoms with van der Waals surface area (Å²) < 4.78 is 0. The van der Waals surface area contributed by atoms with Crippen molar-refractivity contribution in [1.29, 1.82) is 0 Å². The Labute approximate surface area is 61.0 Å². The molecule has 0 bridgehead atoms. The zero-order chi connectivity index (χ0) is 7.40. The normalized spacial score (nSPS) is 34.2. The highest BCUT2D eigenvalue weighted by Gasteiger charge is 2.19. The number of rotatable bonds is 2. The maximum Gasteiger partial charge on any atom is 0.0543 e. The highest BCUT2D eigenvalue weighted by Crippen LogP contribution is 2.23. The molecule has 2 unspecified atom stereocenters. The van der Waals surface area contributed by atoms with Gasteiger partial charge in [-0.2, -0.15) is 0 Å². The molecule has 0 aliphatic heterocycles. The number of hydroxylamine groups is 1. The van der Waals surface area contributed by atoms with Crippen molar-refractivity contribution in [3.63, 3.8) is 0 Å². The lowest BCUT2D eigenvalue weighted by molar-refractivity contribution is 0.0772. The Morgan fingerprint density at radius 1 is 1.40 bits per heavy atom. The maximum atomic E-state index is 9.20. The largest absolute Gasteiger partial charge is 0.393 e. The summed E-state index contributed by atoms with van der Waals surface area (Å²) in [6, 6.07) is 0. The van der Waals surface area contributed by atoms with Crippen molar-refractivity contribution < 1.29 is 10.3 Å². The molecule has 3 N–H and O–H groups in total. The van der Waals surface area contributed by atoms with Crippen molar-refractivity contribution in [2.75, 3.05) is 6.54 Å². The van der Waals surface area contributed by atoms with Crippen molar-refractivity contribution in [1.82, 2.24) is 5.48 Å². The quantitative estimate of drug-likeness (QED) is 0.496. The molecule has 0 aromatic rings. The first-order valence-corrected chi connectivity index (χ1v) is 3.88. The van der Waals surface area contributed by atoms with E-state index < -0.39 is 0 Å². The summed E-state index contributed by atoms with van der Waals surface area (Å²) in [5.74, 6) is 0.466. The molecule has 3 nitrogen and oxygen atoms in total. The van der Waals surface area contributed by atoms with E-state index in [2.05, 4.69) is 5.48 Å². The van der Waals surface area contributed by atoms with Gasteiger partial charge in [0.05, 0.1) is 6.10 Å². The molecule has 3 heteroatoms. The summed E-state index contributed by atoms with van der Waals surface area (Å²) in [4.78, 5) is 0. The van der Waals surface area contributed by atoms with Gasteiger partial charge in [-0.25, -0.2) is 5.48 Å². The molecule has 1 aliphatic carbocycles. The number of aliphatic hydroxyl groups excluding tert-OH is 1. The fourth-order valence-corrected chi connectivity index (χ4v) is 1.58. The van der Waals surface area contributed by atoms with E-state index in [0.717, 1.165) is 25.7 Å². The van der Waals surface area contributed by atoms with E-state index in [4.69, 9.17) is 5.21 Å². The van der Waals surface area contributed by atoms with Gasteiger partial charge in [0, 0.05) is 6.54 Å². The van der Waals surface area contributed by atoms with Gasteiger partial charge in [-0.3, -0.25) is 0 Å². The summed E-state index contributed by atoms with van der Waals surface area (Å²) in [6.07, 6.45) is 3.86. The van der Waals surface area contributed by atoms with E-state index >= 15 is 0 Å². The number of aliphatic hydroxyl groups is 1. The Morgan fingerprint density at radius 2 is 2.20 bits per heavy atom. The third-order valence-corrected chi connectivity index (χ3v) is 2.14. The molecule has 0 aromatic heterocycles. The van der Waals surface area contributed by atoms with Crippen LogP contribution in [0.25, 0.3) is 0 Å². The summed E-state index contributed by atoms with van der Waals surface area (Å²) in [5.41, 5.74) is 2.15. The lowest BCUT2D eigenvalue weighted by Crippen LogP contribution is -2.27. The van der Waals surface area contributed by atoms with E-state index in [-0.39, 0.29) is 6.10 Å². The van der Waals surface area contributed by atoms with Crippen molar-refractivity contribution in [2.45, 2.75) is 31.8 Å². The third-order valence-electron chi connectivity index (χ3n) is 2.14. The summed E-state index contributed by atoms with van der Waals surface area (Å²) >= 11 is 0. The summed E-state index contributed by atoms with van der Waals surface area (Å²) in [7, 11) is 0. The molecule has 0 heterocycles. The van der Waals surface area contributed by atoms with Crippen LogP contribution < -0.4 is 5.48 Å². The fraction of sp³-hybridized carbons (Fsp3) is 1.00. The number of nitrogens with one attached hydrogen (secondary N) is 1. The van der Waals surface area contributed by atoms with Gasteiger partial charge in [-0.15, -0.1) is 0 Å². The molecule has 1 saturated carbocycles. The Morgan fingerprint density at radius 3 is 2.80 bits per heavy atom. The van der Waals surface area contributed by atoms with Crippen LogP contribution in [-0.2, 0) is 0 Å². The molecule has 1 rings (SSSR count). The predicted octanol–water partition coefficient (Wildman–Crippen LogP) is 0.516. The molecule has 0 amide bonds. The minimum atomic E-state index is -0.132. The minimum Gasteiger partial charge on any atom is -0.393 e. The molecule has 2 atom stereocenters. The number of hydrogen-bond donors (Lipinski definition) is 3. The first-order valence-electron chi connectivity index (χ1n) is 3.88. The second kappa shape index (κ2) is 3.91. The van der Waals surface area contributed by atoms with Gasteiger partial charge in [0.2, 0.25) is 0 Å². The second-order valence-electron chi connectivity index (χ2n) is 3.05. The standard InChI is InChI=1S/C7H15NO2/c9-7-3-1-2-6(4-7)5-8-10/h6-10H,1-5H2. The molecule has 0 spiro atoms. The molecule has 1 aliphatic rings. The molecular formula is C7H15NO2. The molecule has 0 radical (unpaired) electrons. The van der Waals surface area contributed by atoms with Crippen molar-refractivity contribution in [3.05, 3.63) is 0 Å². The molecule has 0 aromatic carbocycles. The summed E-state index contributed by atoms with van der Waals surface area (Å²) in [5, 5.41) is 17.6. The van der Waals surface area contributed by atoms with E-state index in [1.165, 1.54) is 0 Å². The SMILES string of the molecule is ONCC1CCCC(O)C1. The van der Waals surface area contributed by atoms with E-state index in [0.29, 0.717) is 12.5 Å². The van der Waals surface area contributed by atoms with Crippen LogP contribution in [0.2, 0.25) is 0 Å². The lowest BCUT2D eigenvalue weighted by Gasteiger charge is -2.24. The lowest BCUT2D eigenvalue weighted by atomic mass is 9.87. The number of hydrogen-bond acceptors (Lipinski definition) is 3. The van der Waals surface area contributed by atoms with E-state index in [1.54, 1.807) is 0 Å². The molecule has 1 fully saturated rings. The van der Waals surface area contributed by atoms with Gasteiger partial charge in [0.15, 0.2) is 0 Å². The first kappa shape index (κ1) is 7.98. The van der Waals surface area contributed by atoms with E-state index in [1.807, 2.05) is 0 Å². The van der Waals surface area contributed by atoms with Gasteiger partial charge in [0.1, 0.15) is 0 Å². The zero-order valence-corrected chi connectivity index (χ0v) is 6.08. The van der Waals surface area contributed by atoms with Crippen LogP contribution >= 0.6 is 0 Å². The second-order valence-corrected chi connectivity index (χ2v) is 3.05. The third kappa shape index (κ3) is 2.25. The van der Waals surface area contributed by atoms with Crippen molar-refractivity contribution in [3.8, 4) is 0 Å². The average molecular weight is 145 g/mol. The van der Waals surface area contributed by atoms with Gasteiger partial charge in [-0.1, -0.05) is 6.42 Å².